The van der Waals surface area contributed by atoms with Gasteiger partial charge < -0.3 is 9.80 Å². The van der Waals surface area contributed by atoms with Crippen molar-refractivity contribution in [1.82, 2.24) is 15.1 Å². The second-order valence-corrected chi connectivity index (χ2v) is 5.97. The summed E-state index contributed by atoms with van der Waals surface area (Å²) in [6.07, 6.45) is 1.94. The Hall–Kier alpha value is -1.59. The Bertz CT molecular complexity index is 411. The van der Waals surface area contributed by atoms with Crippen molar-refractivity contribution in [3.63, 3.8) is 0 Å². The van der Waals surface area contributed by atoms with Crippen molar-refractivity contribution in [3.05, 3.63) is 0 Å². The highest BCUT2D eigenvalue weighted by Gasteiger charge is 2.45. The number of imide groups is 1. The molecule has 0 saturated carbocycles. The van der Waals surface area contributed by atoms with Crippen LogP contribution in [0, 0.1) is 5.92 Å². The smallest absolute Gasteiger partial charge is 0.321 e. The summed E-state index contributed by atoms with van der Waals surface area (Å²) in [5, 5.41) is 2.27. The van der Waals surface area contributed by atoms with Gasteiger partial charge in [-0.05, 0) is 32.6 Å². The van der Waals surface area contributed by atoms with Crippen LogP contribution in [0.1, 0.15) is 33.6 Å². The van der Waals surface area contributed by atoms with E-state index in [1.165, 1.54) is 4.90 Å². The second kappa shape index (κ2) is 4.83. The number of hydrogen-bond donors (Lipinski definition) is 1. The summed E-state index contributed by atoms with van der Waals surface area (Å²) in [5.41, 5.74) is -0.978. The Morgan fingerprint density at radius 2 is 1.84 bits per heavy atom. The van der Waals surface area contributed by atoms with Gasteiger partial charge >= 0.3 is 6.03 Å². The number of rotatable bonds is 0. The Balaban J connectivity index is 2.12. The summed E-state index contributed by atoms with van der Waals surface area (Å²) in [5.74, 6) is -0.200. The Morgan fingerprint density at radius 3 is 2.42 bits per heavy atom. The maximum absolute atomic E-state index is 12.5. The molecule has 2 fully saturated rings. The lowest BCUT2D eigenvalue weighted by atomic mass is 9.97. The Kier molecular flexibility index (Phi) is 3.52. The standard InChI is InChI=1S/C13H21N3O3/c1-9-4-6-15(7-5-9)12(19)16-8-10(17)14-11(18)13(16,2)3/h9H,4-8H2,1-3H3,(H,14,17,18). The maximum Gasteiger partial charge on any atom is 0.321 e. The molecule has 0 radical (unpaired) electrons. The van der Waals surface area contributed by atoms with E-state index in [2.05, 4.69) is 12.2 Å². The molecule has 0 spiro atoms. The van der Waals surface area contributed by atoms with Gasteiger partial charge in [0.1, 0.15) is 12.1 Å². The zero-order valence-electron chi connectivity index (χ0n) is 11.7. The lowest BCUT2D eigenvalue weighted by molar-refractivity contribution is -0.143. The first-order valence-corrected chi connectivity index (χ1v) is 6.73. The number of piperazine rings is 1. The number of likely N-dealkylation sites (tertiary alicyclic amines) is 1. The minimum absolute atomic E-state index is 0.0520. The van der Waals surface area contributed by atoms with Crippen molar-refractivity contribution >= 4 is 17.8 Å². The van der Waals surface area contributed by atoms with E-state index in [0.717, 1.165) is 12.8 Å². The third kappa shape index (κ3) is 2.57. The molecule has 6 heteroatoms. The number of nitrogens with one attached hydrogen (secondary N) is 1. The van der Waals surface area contributed by atoms with Gasteiger partial charge in [0.2, 0.25) is 5.91 Å². The first-order valence-electron chi connectivity index (χ1n) is 6.73. The zero-order valence-corrected chi connectivity index (χ0v) is 11.7. The number of piperidine rings is 1. The second-order valence-electron chi connectivity index (χ2n) is 5.97. The van der Waals surface area contributed by atoms with Gasteiger partial charge in [-0.3, -0.25) is 14.9 Å². The highest BCUT2D eigenvalue weighted by atomic mass is 16.2. The summed E-state index contributed by atoms with van der Waals surface area (Å²) in [7, 11) is 0. The van der Waals surface area contributed by atoms with Crippen LogP contribution in [0.15, 0.2) is 0 Å². The van der Waals surface area contributed by atoms with Crippen LogP contribution in [-0.2, 0) is 9.59 Å². The minimum Gasteiger partial charge on any atom is -0.325 e. The number of nitrogens with zero attached hydrogens (tertiary/aromatic N) is 2. The number of urea groups is 1. The molecule has 106 valence electrons. The molecule has 1 N–H and O–H groups in total. The number of hydrogen-bond acceptors (Lipinski definition) is 3. The van der Waals surface area contributed by atoms with Crippen molar-refractivity contribution in [1.29, 1.82) is 0 Å². The van der Waals surface area contributed by atoms with E-state index in [9.17, 15) is 14.4 Å². The average Bonchev–Trinajstić information content (AvgIpc) is 2.34. The summed E-state index contributed by atoms with van der Waals surface area (Å²) >= 11 is 0. The van der Waals surface area contributed by atoms with Crippen LogP contribution in [-0.4, -0.2) is 52.8 Å². The molecule has 0 aromatic heterocycles. The normalized spacial score (nSPS) is 24.4. The predicted octanol–water partition coefficient (Wildman–Crippen LogP) is 0.575. The van der Waals surface area contributed by atoms with Gasteiger partial charge in [-0.2, -0.15) is 0 Å². The number of amides is 4. The fourth-order valence-electron chi connectivity index (χ4n) is 2.46. The van der Waals surface area contributed by atoms with E-state index in [0.29, 0.717) is 19.0 Å². The van der Waals surface area contributed by atoms with Crippen LogP contribution in [0.3, 0.4) is 0 Å². The first-order chi connectivity index (χ1) is 8.82. The Morgan fingerprint density at radius 1 is 1.26 bits per heavy atom. The molecule has 2 rings (SSSR count). The topological polar surface area (TPSA) is 69.7 Å². The van der Waals surface area contributed by atoms with Crippen LogP contribution in [0.25, 0.3) is 0 Å². The molecule has 0 atom stereocenters. The fraction of sp³-hybridized carbons (Fsp3) is 0.769. The SMILES string of the molecule is CC1CCN(C(=O)N2CC(=O)NC(=O)C2(C)C)CC1. The molecule has 0 aromatic rings. The molecule has 19 heavy (non-hydrogen) atoms. The molecule has 0 aromatic carbocycles. The van der Waals surface area contributed by atoms with Gasteiger partial charge in [0.15, 0.2) is 0 Å². The quantitative estimate of drug-likeness (QED) is 0.653. The van der Waals surface area contributed by atoms with E-state index < -0.39 is 17.4 Å². The third-order valence-corrected chi connectivity index (χ3v) is 4.07. The van der Waals surface area contributed by atoms with E-state index in [1.54, 1.807) is 18.7 Å². The molecule has 0 aliphatic carbocycles. The molecule has 2 aliphatic rings. The number of carbonyl (C=O) groups excluding carboxylic acids is 3. The van der Waals surface area contributed by atoms with Crippen molar-refractivity contribution < 1.29 is 14.4 Å². The highest BCUT2D eigenvalue weighted by molar-refractivity contribution is 6.05. The zero-order chi connectivity index (χ0) is 14.2. The Labute approximate surface area is 113 Å². The van der Waals surface area contributed by atoms with Crippen LogP contribution < -0.4 is 5.32 Å². The van der Waals surface area contributed by atoms with Gasteiger partial charge in [-0.25, -0.2) is 4.79 Å². The van der Waals surface area contributed by atoms with E-state index in [1.807, 2.05) is 0 Å². The first kappa shape index (κ1) is 13.8. The van der Waals surface area contributed by atoms with E-state index in [4.69, 9.17) is 0 Å². The largest absolute Gasteiger partial charge is 0.325 e. The summed E-state index contributed by atoms with van der Waals surface area (Å²) in [4.78, 5) is 38.9. The molecule has 2 saturated heterocycles. The summed E-state index contributed by atoms with van der Waals surface area (Å²) in [6.45, 7) is 6.84. The maximum atomic E-state index is 12.5. The molecular weight excluding hydrogens is 246 g/mol. The molecule has 4 amide bonds. The third-order valence-electron chi connectivity index (χ3n) is 4.07. The van der Waals surface area contributed by atoms with E-state index >= 15 is 0 Å². The monoisotopic (exact) mass is 267 g/mol. The van der Waals surface area contributed by atoms with Crippen LogP contribution in [0.2, 0.25) is 0 Å². The van der Waals surface area contributed by atoms with Crippen molar-refractivity contribution in [2.45, 2.75) is 39.2 Å². The number of carbonyl (C=O) groups is 3. The molecule has 2 heterocycles. The van der Waals surface area contributed by atoms with Crippen LogP contribution in [0.5, 0.6) is 0 Å². The van der Waals surface area contributed by atoms with Crippen LogP contribution in [0.4, 0.5) is 4.79 Å². The van der Waals surface area contributed by atoms with Crippen molar-refractivity contribution in [3.8, 4) is 0 Å². The van der Waals surface area contributed by atoms with Crippen molar-refractivity contribution in [2.24, 2.45) is 5.92 Å². The molecule has 0 unspecified atom stereocenters. The van der Waals surface area contributed by atoms with Gasteiger partial charge in [0.05, 0.1) is 0 Å². The van der Waals surface area contributed by atoms with Gasteiger partial charge in [0.25, 0.3) is 5.91 Å². The van der Waals surface area contributed by atoms with Crippen LogP contribution >= 0.6 is 0 Å². The van der Waals surface area contributed by atoms with Gasteiger partial charge in [0, 0.05) is 13.1 Å². The van der Waals surface area contributed by atoms with E-state index in [-0.39, 0.29) is 12.6 Å². The predicted molar refractivity (Wildman–Crippen MR) is 69.3 cm³/mol. The van der Waals surface area contributed by atoms with Crippen molar-refractivity contribution in [2.75, 3.05) is 19.6 Å². The molecule has 0 bridgehead atoms. The van der Waals surface area contributed by atoms with Gasteiger partial charge in [-0.15, -0.1) is 0 Å². The molecule has 6 nitrogen and oxygen atoms in total. The molecular formula is C13H21N3O3. The lowest BCUT2D eigenvalue weighted by Crippen LogP contribution is -2.67. The summed E-state index contributed by atoms with van der Waals surface area (Å²) < 4.78 is 0. The lowest BCUT2D eigenvalue weighted by Gasteiger charge is -2.43. The molecule has 2 aliphatic heterocycles. The minimum atomic E-state index is -0.978. The fourth-order valence-corrected chi connectivity index (χ4v) is 2.46. The highest BCUT2D eigenvalue weighted by Crippen LogP contribution is 2.23. The van der Waals surface area contributed by atoms with Gasteiger partial charge in [-0.1, -0.05) is 6.92 Å². The average molecular weight is 267 g/mol. The summed E-state index contributed by atoms with van der Waals surface area (Å²) in [6, 6.07) is -0.208.